The van der Waals surface area contributed by atoms with Crippen LogP contribution in [0.3, 0.4) is 0 Å². The van der Waals surface area contributed by atoms with Crippen molar-refractivity contribution in [2.75, 3.05) is 19.6 Å². The first-order valence-electron chi connectivity index (χ1n) is 8.75. The predicted molar refractivity (Wildman–Crippen MR) is 93.4 cm³/mol. The number of rotatable bonds is 5. The molecule has 26 heavy (non-hydrogen) atoms. The van der Waals surface area contributed by atoms with Crippen LogP contribution in [0.1, 0.15) is 28.8 Å². The number of nitrogens with one attached hydrogen (secondary N) is 1. The average Bonchev–Trinajstić information content (AvgIpc) is 2.64. The molecule has 2 aromatic carbocycles. The maximum absolute atomic E-state index is 13.8. The average molecular weight is 362 g/mol. The Morgan fingerprint density at radius 1 is 1.08 bits per heavy atom. The molecule has 0 aliphatic carbocycles. The summed E-state index contributed by atoms with van der Waals surface area (Å²) in [4.78, 5) is 14.4. The maximum Gasteiger partial charge on any atom is 0.257 e. The second-order valence-electron chi connectivity index (χ2n) is 6.57. The number of likely N-dealkylation sites (tertiary alicyclic amines) is 1. The van der Waals surface area contributed by atoms with E-state index in [0.717, 1.165) is 38.4 Å². The van der Waals surface area contributed by atoms with Gasteiger partial charge in [-0.15, -0.1) is 0 Å². The third kappa shape index (κ3) is 4.43. The molecular weight excluding hydrogens is 341 g/mol. The Labute approximate surface area is 150 Å². The highest BCUT2D eigenvalue weighted by atomic mass is 19.2. The van der Waals surface area contributed by atoms with E-state index in [-0.39, 0.29) is 6.04 Å². The summed E-state index contributed by atoms with van der Waals surface area (Å²) in [5.74, 6) is -4.64. The molecule has 1 heterocycles. The molecule has 0 radical (unpaired) electrons. The van der Waals surface area contributed by atoms with Gasteiger partial charge in [0.25, 0.3) is 5.91 Å². The van der Waals surface area contributed by atoms with Gasteiger partial charge in [-0.25, -0.2) is 13.2 Å². The summed E-state index contributed by atoms with van der Waals surface area (Å²) in [6.45, 7) is 2.37. The van der Waals surface area contributed by atoms with E-state index in [1.54, 1.807) is 0 Å². The van der Waals surface area contributed by atoms with Gasteiger partial charge in [0.05, 0.1) is 0 Å². The minimum absolute atomic E-state index is 0.214. The largest absolute Gasteiger partial charge is 0.348 e. The number of hydrogen-bond acceptors (Lipinski definition) is 2. The van der Waals surface area contributed by atoms with Crippen molar-refractivity contribution in [2.24, 2.45) is 0 Å². The standard InChI is InChI=1S/C20H21F3N2O/c21-16-8-9-17(22)19(23)18(16)20(26)24-15-7-4-11-25(13-15)12-10-14-5-2-1-3-6-14/h1-3,5-6,8-9,15H,4,7,10-13H2,(H,24,26). The van der Waals surface area contributed by atoms with Crippen molar-refractivity contribution in [3.8, 4) is 0 Å². The summed E-state index contributed by atoms with van der Waals surface area (Å²) in [6.07, 6.45) is 2.51. The molecule has 0 bridgehead atoms. The van der Waals surface area contributed by atoms with Crippen molar-refractivity contribution in [1.82, 2.24) is 10.2 Å². The van der Waals surface area contributed by atoms with E-state index in [1.165, 1.54) is 5.56 Å². The zero-order valence-electron chi connectivity index (χ0n) is 14.4. The molecule has 0 spiro atoms. The van der Waals surface area contributed by atoms with Gasteiger partial charge in [-0.1, -0.05) is 30.3 Å². The maximum atomic E-state index is 13.8. The van der Waals surface area contributed by atoms with Crippen LogP contribution in [0.2, 0.25) is 0 Å². The molecule has 3 rings (SSSR count). The summed E-state index contributed by atoms with van der Waals surface area (Å²) >= 11 is 0. The van der Waals surface area contributed by atoms with Crippen LogP contribution < -0.4 is 5.32 Å². The normalized spacial score (nSPS) is 17.9. The summed E-state index contributed by atoms with van der Waals surface area (Å²) in [7, 11) is 0. The first-order valence-corrected chi connectivity index (χ1v) is 8.75. The van der Waals surface area contributed by atoms with Crippen LogP contribution in [-0.4, -0.2) is 36.5 Å². The van der Waals surface area contributed by atoms with Gasteiger partial charge in [0.15, 0.2) is 11.6 Å². The lowest BCUT2D eigenvalue weighted by Gasteiger charge is -2.33. The molecule has 1 aliphatic rings. The van der Waals surface area contributed by atoms with Gasteiger partial charge < -0.3 is 10.2 Å². The van der Waals surface area contributed by atoms with Crippen LogP contribution in [0.25, 0.3) is 0 Å². The van der Waals surface area contributed by atoms with Gasteiger partial charge in [-0.05, 0) is 43.5 Å². The molecule has 1 aliphatic heterocycles. The Hall–Kier alpha value is -2.34. The highest BCUT2D eigenvalue weighted by molar-refractivity contribution is 5.95. The van der Waals surface area contributed by atoms with Gasteiger partial charge in [0.1, 0.15) is 11.4 Å². The van der Waals surface area contributed by atoms with Gasteiger partial charge in [-0.2, -0.15) is 0 Å². The smallest absolute Gasteiger partial charge is 0.257 e. The Balaban J connectivity index is 1.58. The second kappa shape index (κ2) is 8.36. The Morgan fingerprint density at radius 3 is 2.58 bits per heavy atom. The number of benzene rings is 2. The number of piperidine rings is 1. The lowest BCUT2D eigenvalue weighted by molar-refractivity contribution is 0.0894. The number of halogens is 3. The lowest BCUT2D eigenvalue weighted by Crippen LogP contribution is -2.48. The van der Waals surface area contributed by atoms with Crippen molar-refractivity contribution < 1.29 is 18.0 Å². The number of carbonyl (C=O) groups is 1. The van der Waals surface area contributed by atoms with Crippen molar-refractivity contribution >= 4 is 5.91 Å². The molecule has 1 N–H and O–H groups in total. The first-order chi connectivity index (χ1) is 12.5. The molecule has 0 saturated carbocycles. The third-order valence-electron chi connectivity index (χ3n) is 4.67. The Kier molecular flexibility index (Phi) is 5.93. The molecule has 1 unspecified atom stereocenters. The zero-order valence-corrected chi connectivity index (χ0v) is 14.4. The lowest BCUT2D eigenvalue weighted by atomic mass is 10.0. The Morgan fingerprint density at radius 2 is 1.81 bits per heavy atom. The monoisotopic (exact) mass is 362 g/mol. The van der Waals surface area contributed by atoms with Crippen LogP contribution >= 0.6 is 0 Å². The molecule has 2 aromatic rings. The van der Waals surface area contributed by atoms with Crippen LogP contribution in [-0.2, 0) is 6.42 Å². The van der Waals surface area contributed by atoms with Crippen molar-refractivity contribution in [2.45, 2.75) is 25.3 Å². The number of amides is 1. The van der Waals surface area contributed by atoms with E-state index in [1.807, 2.05) is 18.2 Å². The van der Waals surface area contributed by atoms with Crippen molar-refractivity contribution in [1.29, 1.82) is 0 Å². The van der Waals surface area contributed by atoms with E-state index in [4.69, 9.17) is 0 Å². The quantitative estimate of drug-likeness (QED) is 0.825. The third-order valence-corrected chi connectivity index (χ3v) is 4.67. The minimum Gasteiger partial charge on any atom is -0.348 e. The van der Waals surface area contributed by atoms with E-state index in [0.29, 0.717) is 12.6 Å². The van der Waals surface area contributed by atoms with Gasteiger partial charge in [-0.3, -0.25) is 4.79 Å². The van der Waals surface area contributed by atoms with E-state index < -0.39 is 28.9 Å². The molecule has 0 aromatic heterocycles. The number of carbonyl (C=O) groups excluding carboxylic acids is 1. The topological polar surface area (TPSA) is 32.3 Å². The fraction of sp³-hybridized carbons (Fsp3) is 0.350. The summed E-state index contributed by atoms with van der Waals surface area (Å²) in [6, 6.07) is 11.3. The summed E-state index contributed by atoms with van der Waals surface area (Å²) in [5.41, 5.74) is 0.383. The van der Waals surface area contributed by atoms with Crippen LogP contribution in [0, 0.1) is 17.5 Å². The molecule has 1 saturated heterocycles. The van der Waals surface area contributed by atoms with Crippen molar-refractivity contribution in [3.63, 3.8) is 0 Å². The zero-order chi connectivity index (χ0) is 18.5. The number of nitrogens with zero attached hydrogens (tertiary/aromatic N) is 1. The number of hydrogen-bond donors (Lipinski definition) is 1. The van der Waals surface area contributed by atoms with Gasteiger partial charge in [0, 0.05) is 19.1 Å². The molecular formula is C20H21F3N2O. The van der Waals surface area contributed by atoms with E-state index >= 15 is 0 Å². The van der Waals surface area contributed by atoms with Crippen LogP contribution in [0.15, 0.2) is 42.5 Å². The van der Waals surface area contributed by atoms with Crippen LogP contribution in [0.5, 0.6) is 0 Å². The second-order valence-corrected chi connectivity index (χ2v) is 6.57. The molecule has 1 fully saturated rings. The Bertz CT molecular complexity index is 767. The SMILES string of the molecule is O=C(NC1CCCN(CCc2ccccc2)C1)c1c(F)ccc(F)c1F. The molecule has 3 nitrogen and oxygen atoms in total. The highest BCUT2D eigenvalue weighted by Gasteiger charge is 2.26. The van der Waals surface area contributed by atoms with Crippen molar-refractivity contribution in [3.05, 3.63) is 71.0 Å². The van der Waals surface area contributed by atoms with Crippen LogP contribution in [0.4, 0.5) is 13.2 Å². The summed E-state index contributed by atoms with van der Waals surface area (Å²) in [5, 5.41) is 2.64. The summed E-state index contributed by atoms with van der Waals surface area (Å²) < 4.78 is 40.8. The minimum atomic E-state index is -1.45. The fourth-order valence-corrected chi connectivity index (χ4v) is 3.30. The van der Waals surface area contributed by atoms with E-state index in [9.17, 15) is 18.0 Å². The first kappa shape index (κ1) is 18.5. The molecule has 1 amide bonds. The predicted octanol–water partition coefficient (Wildman–Crippen LogP) is 3.54. The highest BCUT2D eigenvalue weighted by Crippen LogP contribution is 2.17. The molecule has 1 atom stereocenters. The van der Waals surface area contributed by atoms with Gasteiger partial charge >= 0.3 is 0 Å². The van der Waals surface area contributed by atoms with E-state index in [2.05, 4.69) is 22.3 Å². The molecule has 6 heteroatoms. The van der Waals surface area contributed by atoms with Gasteiger partial charge in [0.2, 0.25) is 0 Å². The molecule has 138 valence electrons. The fourth-order valence-electron chi connectivity index (χ4n) is 3.30.